The number of unbranched alkanes of at least 4 members (excludes halogenated alkanes) is 1. The van der Waals surface area contributed by atoms with Crippen molar-refractivity contribution in [3.05, 3.63) is 71.8 Å². The Bertz CT molecular complexity index is 1530. The Morgan fingerprint density at radius 3 is 1.85 bits per heavy atom. The summed E-state index contributed by atoms with van der Waals surface area (Å²) in [6, 6.07) is 14.5. The second-order valence-corrected chi connectivity index (χ2v) is 16.4. The van der Waals surface area contributed by atoms with Gasteiger partial charge in [0.25, 0.3) is 0 Å². The van der Waals surface area contributed by atoms with Crippen LogP contribution in [0.3, 0.4) is 0 Å². The van der Waals surface area contributed by atoms with E-state index < -0.39 is 60.7 Å². The molecule has 14 nitrogen and oxygen atoms in total. The van der Waals surface area contributed by atoms with Crippen LogP contribution in [0, 0.1) is 5.92 Å². The van der Waals surface area contributed by atoms with E-state index >= 15 is 0 Å². The van der Waals surface area contributed by atoms with Gasteiger partial charge in [0.15, 0.2) is 5.28 Å². The number of nitrogens with one attached hydrogen (secondary N) is 3. The molecule has 2 heterocycles. The quantitative estimate of drug-likeness (QED) is 0.0807. The summed E-state index contributed by atoms with van der Waals surface area (Å²) in [5.41, 5.74) is 13.6. The topological polar surface area (TPSA) is 220 Å². The van der Waals surface area contributed by atoms with Crippen LogP contribution in [0.2, 0.25) is 0 Å². The lowest BCUT2D eigenvalue weighted by Crippen LogP contribution is -2.72. The van der Waals surface area contributed by atoms with E-state index in [-0.39, 0.29) is 44.7 Å². The van der Waals surface area contributed by atoms with Crippen molar-refractivity contribution >= 4 is 31.2 Å². The van der Waals surface area contributed by atoms with Crippen LogP contribution in [0.15, 0.2) is 60.7 Å². The predicted molar refractivity (Wildman–Crippen MR) is 199 cm³/mol. The molecule has 4 atom stereocenters. The van der Waals surface area contributed by atoms with Gasteiger partial charge in [-0.05, 0) is 81.6 Å². The van der Waals surface area contributed by atoms with E-state index in [1.54, 1.807) is 4.90 Å². The van der Waals surface area contributed by atoms with Gasteiger partial charge in [0, 0.05) is 6.42 Å². The van der Waals surface area contributed by atoms with Gasteiger partial charge in [0.05, 0.1) is 19.1 Å². The summed E-state index contributed by atoms with van der Waals surface area (Å²) in [7, 11) is -4.59. The molecule has 2 fully saturated rings. The van der Waals surface area contributed by atoms with Crippen molar-refractivity contribution in [1.29, 1.82) is 0 Å². The number of likely N-dealkylation sites (tertiary alicyclic amines) is 2. The molecule has 2 aliphatic rings. The van der Waals surface area contributed by atoms with Gasteiger partial charge >= 0.3 is 7.60 Å². The fourth-order valence-corrected chi connectivity index (χ4v) is 8.22. The molecule has 0 aliphatic carbocycles. The van der Waals surface area contributed by atoms with Crippen LogP contribution in [-0.2, 0) is 36.6 Å². The third-order valence-corrected chi connectivity index (χ3v) is 11.5. The lowest BCUT2D eigenvalue weighted by atomic mass is 9.99. The Labute approximate surface area is 306 Å². The van der Waals surface area contributed by atoms with Gasteiger partial charge in [0.1, 0.15) is 18.1 Å². The second kappa shape index (κ2) is 18.9. The van der Waals surface area contributed by atoms with Gasteiger partial charge in [-0.15, -0.1) is 0 Å². The first-order valence-corrected chi connectivity index (χ1v) is 19.9. The first-order chi connectivity index (χ1) is 24.7. The van der Waals surface area contributed by atoms with Gasteiger partial charge in [-0.3, -0.25) is 28.6 Å². The maximum atomic E-state index is 13.9. The van der Waals surface area contributed by atoms with Crippen LogP contribution < -0.4 is 27.4 Å². The fourth-order valence-electron chi connectivity index (χ4n) is 6.94. The summed E-state index contributed by atoms with van der Waals surface area (Å²) < 4.78 is 12.7. The molecule has 2 aromatic carbocycles. The van der Waals surface area contributed by atoms with Crippen LogP contribution in [0.5, 0.6) is 0 Å². The van der Waals surface area contributed by atoms with E-state index in [4.69, 9.17) is 11.5 Å². The Morgan fingerprint density at radius 1 is 0.788 bits per heavy atom. The molecule has 0 unspecified atom stereocenters. The molecule has 2 aliphatic heterocycles. The van der Waals surface area contributed by atoms with E-state index in [0.29, 0.717) is 32.5 Å². The number of carbonyl (C=O) groups is 4. The van der Waals surface area contributed by atoms with Crippen molar-refractivity contribution < 1.29 is 33.5 Å². The zero-order valence-electron chi connectivity index (χ0n) is 30.3. The molecule has 0 bridgehead atoms. The monoisotopic (exact) mass is 741 g/mol. The fraction of sp³-hybridized carbons (Fsp3) is 0.568. The van der Waals surface area contributed by atoms with Crippen LogP contribution in [0.25, 0.3) is 0 Å². The minimum atomic E-state index is -4.59. The molecule has 0 spiro atoms. The van der Waals surface area contributed by atoms with Crippen LogP contribution >= 0.6 is 7.60 Å². The summed E-state index contributed by atoms with van der Waals surface area (Å²) in [6.07, 6.45) is 3.74. The second-order valence-electron chi connectivity index (χ2n) is 14.5. The lowest BCUT2D eigenvalue weighted by Gasteiger charge is -2.54. The smallest absolute Gasteiger partial charge is 0.343 e. The molecule has 0 radical (unpaired) electrons. The molecule has 286 valence electrons. The van der Waals surface area contributed by atoms with E-state index in [1.165, 1.54) is 4.90 Å². The van der Waals surface area contributed by atoms with Gasteiger partial charge < -0.3 is 42.1 Å². The van der Waals surface area contributed by atoms with E-state index in [0.717, 1.165) is 24.0 Å². The molecule has 9 N–H and O–H groups in total. The predicted octanol–water partition coefficient (Wildman–Crippen LogP) is 1.24. The number of hydrogen-bond acceptors (Lipinski definition) is 8. The highest BCUT2D eigenvalue weighted by Crippen LogP contribution is 2.58. The van der Waals surface area contributed by atoms with Crippen LogP contribution in [-0.4, -0.2) is 105 Å². The Kier molecular flexibility index (Phi) is 14.9. The van der Waals surface area contributed by atoms with Gasteiger partial charge in [-0.2, -0.15) is 0 Å². The molecular formula is C37H56N7O7P. The minimum Gasteiger partial charge on any atom is -0.343 e. The van der Waals surface area contributed by atoms with Crippen molar-refractivity contribution in [3.63, 3.8) is 0 Å². The molecule has 4 rings (SSSR count). The van der Waals surface area contributed by atoms with Crippen molar-refractivity contribution in [2.24, 2.45) is 17.4 Å². The largest absolute Gasteiger partial charge is 0.349 e. The third kappa shape index (κ3) is 10.9. The average Bonchev–Trinajstić information content (AvgIpc) is 3.62. The molecule has 0 saturated carbocycles. The summed E-state index contributed by atoms with van der Waals surface area (Å²) in [4.78, 5) is 78.8. The number of benzene rings is 2. The van der Waals surface area contributed by atoms with Crippen molar-refractivity contribution in [1.82, 2.24) is 25.8 Å². The molecule has 4 amide bonds. The molecule has 2 saturated heterocycles. The highest BCUT2D eigenvalue weighted by molar-refractivity contribution is 7.53. The Morgan fingerprint density at radius 2 is 1.31 bits per heavy atom. The number of hydrogen-bond donors (Lipinski definition) is 7. The third-order valence-electron chi connectivity index (χ3n) is 9.89. The maximum Gasteiger partial charge on any atom is 0.349 e. The van der Waals surface area contributed by atoms with Crippen molar-refractivity contribution in [2.75, 3.05) is 32.7 Å². The number of nitrogens with zero attached hydrogens (tertiary/aromatic N) is 2. The lowest BCUT2D eigenvalue weighted by molar-refractivity contribution is -0.146. The van der Waals surface area contributed by atoms with Crippen molar-refractivity contribution in [3.8, 4) is 0 Å². The van der Waals surface area contributed by atoms with Gasteiger partial charge in [-0.1, -0.05) is 74.5 Å². The van der Waals surface area contributed by atoms with E-state index in [9.17, 15) is 33.5 Å². The Hall–Kier alpha value is -3.65. The van der Waals surface area contributed by atoms with E-state index in [2.05, 4.69) is 16.0 Å². The van der Waals surface area contributed by atoms with E-state index in [1.807, 2.05) is 74.5 Å². The van der Waals surface area contributed by atoms with Gasteiger partial charge in [-0.25, -0.2) is 0 Å². The molecule has 2 aromatic rings. The normalized spacial score (nSPS) is 18.2. The zero-order valence-corrected chi connectivity index (χ0v) is 31.2. The highest BCUT2D eigenvalue weighted by Gasteiger charge is 2.61. The first-order valence-electron chi connectivity index (χ1n) is 18.3. The molecule has 52 heavy (non-hydrogen) atoms. The average molecular weight is 742 g/mol. The van der Waals surface area contributed by atoms with Crippen molar-refractivity contribution in [2.45, 2.75) is 94.7 Å². The highest BCUT2D eigenvalue weighted by atomic mass is 31.2. The number of carbonyl (C=O) groups excluding carboxylic acids is 4. The molecular weight excluding hydrogens is 685 g/mol. The summed E-state index contributed by atoms with van der Waals surface area (Å²) in [5, 5.41) is 7.06. The van der Waals surface area contributed by atoms with Crippen LogP contribution in [0.1, 0.15) is 63.5 Å². The van der Waals surface area contributed by atoms with Gasteiger partial charge in [0.2, 0.25) is 23.6 Å². The molecule has 0 aromatic heterocycles. The first kappa shape index (κ1) is 41.1. The summed E-state index contributed by atoms with van der Waals surface area (Å²) in [5.74, 6) is -2.12. The minimum absolute atomic E-state index is 0.0244. The number of nitrogens with two attached hydrogens (primary N) is 2. The number of amides is 4. The summed E-state index contributed by atoms with van der Waals surface area (Å²) in [6.45, 7) is 5.02. The standard InChI is InChI=1S/C37H56N7O7P/c1-26(2)21-31(42-35(47)32(23-28-15-7-4-8-16-28)41-33(45)29(39)22-27-13-5-3-6-14-27)34(46)40-30(17-9-10-18-38)36(48)43-24-37(25-43,52(49,50)51)44-19-11-12-20-44/h3-8,13-16,26,29-32H,9-12,17-25,38-39H2,1-2H3,(H,40,46)(H,41,45)(H,42,47)(H2,49,50,51)/t29-,30-,31-,32-/m1/s1. The van der Waals surface area contributed by atoms with Crippen LogP contribution in [0.4, 0.5) is 0 Å². The summed E-state index contributed by atoms with van der Waals surface area (Å²) >= 11 is 0. The number of rotatable bonds is 19. The maximum absolute atomic E-state index is 13.9. The zero-order chi connectivity index (χ0) is 37.9. The SMILES string of the molecule is CC(C)C[C@@H](NC(=O)[C@@H](Cc1ccccc1)NC(=O)[C@H](N)Cc1ccccc1)C(=O)N[C@H](CCCCN)C(=O)N1CC(N2CCCC2)(P(=O)(O)O)C1. The Balaban J connectivity index is 1.49. The molecule has 15 heteroatoms.